The first-order valence-electron chi connectivity index (χ1n) is 10.7. The monoisotopic (exact) mass is 468 g/mol. The molecule has 1 aliphatic carbocycles. The summed E-state index contributed by atoms with van der Waals surface area (Å²) in [4.78, 5) is 6.94. The first-order valence-corrected chi connectivity index (χ1v) is 10.7. The zero-order valence-corrected chi connectivity index (χ0v) is 17.7. The molecule has 0 unspecified atom stereocenters. The Hall–Kier alpha value is -2.59. The third-order valence-electron chi connectivity index (χ3n) is 6.78. The summed E-state index contributed by atoms with van der Waals surface area (Å²) in [6, 6.07) is 9.49. The number of fused-ring (bicyclic) bond motifs is 2. The van der Waals surface area contributed by atoms with E-state index in [2.05, 4.69) is 19.8 Å². The molecule has 0 bridgehead atoms. The quantitative estimate of drug-likeness (QED) is 0.545. The molecule has 1 saturated heterocycles. The summed E-state index contributed by atoms with van der Waals surface area (Å²) in [5, 5.41) is 3.07. The fraction of sp³-hybridized carbons (Fsp3) is 0.435. The topological polar surface area (TPSA) is 33.1 Å². The molecule has 3 aromatic rings. The van der Waals surface area contributed by atoms with Crippen molar-refractivity contribution in [3.05, 3.63) is 65.0 Å². The van der Waals surface area contributed by atoms with Crippen LogP contribution < -0.4 is 5.32 Å². The van der Waals surface area contributed by atoms with Gasteiger partial charge in [0.15, 0.2) is 0 Å². The summed E-state index contributed by atoms with van der Waals surface area (Å²) in [7, 11) is 1.97. The molecule has 33 heavy (non-hydrogen) atoms. The molecular formula is C23H22F6N4. The van der Waals surface area contributed by atoms with Crippen LogP contribution in [0.25, 0.3) is 11.0 Å². The number of rotatable bonds is 5. The highest BCUT2D eigenvalue weighted by Crippen LogP contribution is 2.46. The third-order valence-corrected chi connectivity index (χ3v) is 6.78. The first kappa shape index (κ1) is 22.2. The lowest BCUT2D eigenvalue weighted by Gasteiger charge is -2.20. The Morgan fingerprint density at radius 3 is 2.30 bits per heavy atom. The highest BCUT2D eigenvalue weighted by atomic mass is 19.4. The van der Waals surface area contributed by atoms with Crippen LogP contribution in [0.1, 0.15) is 22.5 Å². The number of likely N-dealkylation sites (tertiary alicyclic amines) is 1. The van der Waals surface area contributed by atoms with Crippen LogP contribution in [0.3, 0.4) is 0 Å². The van der Waals surface area contributed by atoms with E-state index < -0.39 is 23.5 Å². The van der Waals surface area contributed by atoms with Gasteiger partial charge in [0.2, 0.25) is 0 Å². The predicted molar refractivity (Wildman–Crippen MR) is 110 cm³/mol. The van der Waals surface area contributed by atoms with Crippen LogP contribution >= 0.6 is 0 Å². The highest BCUT2D eigenvalue weighted by molar-refractivity contribution is 5.75. The highest BCUT2D eigenvalue weighted by Gasteiger charge is 2.55. The zero-order valence-electron chi connectivity index (χ0n) is 17.7. The lowest BCUT2D eigenvalue weighted by molar-refractivity contribution is -0.141. The number of piperidine rings is 1. The van der Waals surface area contributed by atoms with Crippen LogP contribution in [0, 0.1) is 11.8 Å². The van der Waals surface area contributed by atoms with Crippen molar-refractivity contribution in [2.75, 3.05) is 13.1 Å². The number of nitrogens with zero attached hydrogens (tertiary/aromatic N) is 3. The molecule has 1 aliphatic heterocycles. The van der Waals surface area contributed by atoms with Crippen LogP contribution in [0.5, 0.6) is 0 Å². The van der Waals surface area contributed by atoms with Gasteiger partial charge in [-0.05, 0) is 47.7 Å². The lowest BCUT2D eigenvalue weighted by Crippen LogP contribution is -2.32. The van der Waals surface area contributed by atoms with Crippen molar-refractivity contribution in [1.29, 1.82) is 0 Å². The number of hydrogen-bond donors (Lipinski definition) is 1. The van der Waals surface area contributed by atoms with Gasteiger partial charge in [0.1, 0.15) is 5.82 Å². The van der Waals surface area contributed by atoms with E-state index in [0.29, 0.717) is 24.7 Å². The fourth-order valence-electron chi connectivity index (χ4n) is 5.00. The summed E-state index contributed by atoms with van der Waals surface area (Å²) < 4.78 is 80.9. The van der Waals surface area contributed by atoms with Crippen molar-refractivity contribution in [2.45, 2.75) is 31.5 Å². The van der Waals surface area contributed by atoms with Gasteiger partial charge in [0.05, 0.1) is 28.7 Å². The van der Waals surface area contributed by atoms with E-state index in [-0.39, 0.29) is 30.0 Å². The molecule has 1 saturated carbocycles. The number of hydrogen-bond acceptors (Lipinski definition) is 3. The first-order chi connectivity index (χ1) is 15.5. The Labute approximate surface area is 186 Å². The second-order valence-corrected chi connectivity index (χ2v) is 8.87. The maximum atomic E-state index is 13.3. The minimum absolute atomic E-state index is 0.0114. The Morgan fingerprint density at radius 2 is 1.67 bits per heavy atom. The molecule has 5 rings (SSSR count). The van der Waals surface area contributed by atoms with Crippen molar-refractivity contribution in [2.24, 2.45) is 18.9 Å². The molecule has 0 amide bonds. The number of aromatic nitrogens is 2. The Balaban J connectivity index is 1.21. The fourth-order valence-corrected chi connectivity index (χ4v) is 5.00. The smallest absolute Gasteiger partial charge is 0.330 e. The number of para-hydroxylation sites is 2. The van der Waals surface area contributed by atoms with Gasteiger partial charge in [0, 0.05) is 32.7 Å². The number of aryl methyl sites for hydroxylation is 1. The number of benzene rings is 2. The van der Waals surface area contributed by atoms with Crippen molar-refractivity contribution >= 4 is 11.0 Å². The lowest BCUT2D eigenvalue weighted by atomic mass is 10.0. The molecule has 2 heterocycles. The number of nitrogens with one attached hydrogen (secondary N) is 1. The summed E-state index contributed by atoms with van der Waals surface area (Å²) in [6.07, 6.45) is -9.39. The van der Waals surface area contributed by atoms with Crippen LogP contribution in [0.4, 0.5) is 26.3 Å². The molecule has 2 fully saturated rings. The van der Waals surface area contributed by atoms with Gasteiger partial charge in [0.25, 0.3) is 0 Å². The van der Waals surface area contributed by atoms with E-state index in [1.54, 1.807) is 0 Å². The summed E-state index contributed by atoms with van der Waals surface area (Å²) in [5.41, 5.74) is -0.494. The largest absolute Gasteiger partial charge is 0.416 e. The zero-order chi connectivity index (χ0) is 23.5. The number of halogens is 6. The Kier molecular flexibility index (Phi) is 5.20. The van der Waals surface area contributed by atoms with E-state index in [1.165, 1.54) is 0 Å². The van der Waals surface area contributed by atoms with E-state index >= 15 is 0 Å². The van der Waals surface area contributed by atoms with E-state index in [4.69, 9.17) is 0 Å². The molecule has 10 heteroatoms. The van der Waals surface area contributed by atoms with Gasteiger partial charge in [-0.2, -0.15) is 26.3 Å². The van der Waals surface area contributed by atoms with Gasteiger partial charge in [-0.3, -0.25) is 4.90 Å². The Morgan fingerprint density at radius 1 is 0.970 bits per heavy atom. The summed E-state index contributed by atoms with van der Waals surface area (Å²) in [5.74, 6) is 1.50. The predicted octanol–water partition coefficient (Wildman–Crippen LogP) is 4.83. The normalized spacial score (nSPS) is 23.3. The standard InChI is InChI=1S/C23H22F6N4/c1-32-19-5-3-2-4-18(19)31-20(32)12-33-10-15-16(11-33)21(15)30-9-13-8-14(22(24,25)26)6-7-17(13)23(27,28)29/h2-8,15-16,21,30H,9-12H2,1H3/t15-,16+,21-. The van der Waals surface area contributed by atoms with Gasteiger partial charge >= 0.3 is 12.4 Å². The average Bonchev–Trinajstić information content (AvgIpc) is 3.04. The molecule has 0 spiro atoms. The number of alkyl halides is 6. The van der Waals surface area contributed by atoms with Gasteiger partial charge in [-0.15, -0.1) is 0 Å². The molecule has 176 valence electrons. The third kappa shape index (κ3) is 4.21. The maximum absolute atomic E-state index is 13.3. The van der Waals surface area contributed by atoms with E-state index in [0.717, 1.165) is 29.9 Å². The summed E-state index contributed by atoms with van der Waals surface area (Å²) in [6.45, 7) is 1.98. The minimum Gasteiger partial charge on any atom is -0.330 e. The SMILES string of the molecule is Cn1c(CN2C[C@@H]3[C@H](C2)[C@@H]3NCc2cc(C(F)(F)F)ccc2C(F)(F)F)nc2ccccc21. The second-order valence-electron chi connectivity index (χ2n) is 8.87. The number of imidazole rings is 1. The molecule has 1 aromatic heterocycles. The molecular weight excluding hydrogens is 446 g/mol. The van der Waals surface area contributed by atoms with Crippen molar-refractivity contribution in [3.63, 3.8) is 0 Å². The van der Waals surface area contributed by atoms with Gasteiger partial charge in [-0.1, -0.05) is 12.1 Å². The van der Waals surface area contributed by atoms with Gasteiger partial charge < -0.3 is 9.88 Å². The Bertz CT molecular complexity index is 1170. The van der Waals surface area contributed by atoms with Gasteiger partial charge in [-0.25, -0.2) is 4.98 Å². The van der Waals surface area contributed by atoms with E-state index in [1.807, 2.05) is 31.3 Å². The summed E-state index contributed by atoms with van der Waals surface area (Å²) >= 11 is 0. The van der Waals surface area contributed by atoms with Crippen molar-refractivity contribution in [3.8, 4) is 0 Å². The van der Waals surface area contributed by atoms with Crippen LogP contribution in [-0.4, -0.2) is 33.6 Å². The molecule has 3 atom stereocenters. The minimum atomic E-state index is -4.71. The molecule has 0 radical (unpaired) electrons. The average molecular weight is 468 g/mol. The van der Waals surface area contributed by atoms with Crippen molar-refractivity contribution in [1.82, 2.24) is 19.8 Å². The molecule has 2 aliphatic rings. The molecule has 2 aromatic carbocycles. The second kappa shape index (κ2) is 7.73. The van der Waals surface area contributed by atoms with E-state index in [9.17, 15) is 26.3 Å². The van der Waals surface area contributed by atoms with Crippen LogP contribution in [0.15, 0.2) is 42.5 Å². The maximum Gasteiger partial charge on any atom is 0.416 e. The van der Waals surface area contributed by atoms with Crippen molar-refractivity contribution < 1.29 is 26.3 Å². The van der Waals surface area contributed by atoms with Crippen LogP contribution in [-0.2, 0) is 32.5 Å². The van der Waals surface area contributed by atoms with Crippen LogP contribution in [0.2, 0.25) is 0 Å². The molecule has 4 nitrogen and oxygen atoms in total. The molecule has 1 N–H and O–H groups in total.